The second-order valence-corrected chi connectivity index (χ2v) is 7.34. The maximum absolute atomic E-state index is 12.4. The molecule has 0 aromatic carbocycles. The van der Waals surface area contributed by atoms with Gasteiger partial charge in [-0.15, -0.1) is 10.2 Å². The van der Waals surface area contributed by atoms with Crippen molar-refractivity contribution < 1.29 is 14.3 Å². The number of nitrogens with one attached hydrogen (secondary N) is 1. The molecule has 2 amide bonds. The number of ether oxygens (including phenoxy) is 1. The quantitative estimate of drug-likeness (QED) is 0.830. The number of carbonyl (C=O) groups is 2. The number of nitrogens with zero attached hydrogens (tertiary/aromatic N) is 4. The van der Waals surface area contributed by atoms with Crippen LogP contribution in [0.15, 0.2) is 5.51 Å². The van der Waals surface area contributed by atoms with Crippen molar-refractivity contribution in [2.75, 3.05) is 50.8 Å². The van der Waals surface area contributed by atoms with E-state index in [0.717, 1.165) is 37.6 Å². The predicted octanol–water partition coefficient (Wildman–Crippen LogP) is 0.120. The number of anilines is 1. The monoisotopic (exact) mass is 353 g/mol. The van der Waals surface area contributed by atoms with Crippen LogP contribution in [0.4, 0.5) is 5.13 Å². The zero-order valence-electron chi connectivity index (χ0n) is 13.9. The van der Waals surface area contributed by atoms with Crippen LogP contribution in [0, 0.1) is 5.41 Å². The van der Waals surface area contributed by atoms with Crippen LogP contribution in [-0.2, 0) is 14.3 Å². The summed E-state index contributed by atoms with van der Waals surface area (Å²) < 4.78 is 5.85. The number of carbonyl (C=O) groups excluding carboxylic acids is 2. The Labute approximate surface area is 145 Å². The van der Waals surface area contributed by atoms with Crippen molar-refractivity contribution in [3.05, 3.63) is 5.51 Å². The first kappa shape index (κ1) is 17.1. The predicted molar refractivity (Wildman–Crippen MR) is 89.9 cm³/mol. The Morgan fingerprint density at radius 1 is 1.42 bits per heavy atom. The fourth-order valence-electron chi connectivity index (χ4n) is 3.44. The fraction of sp³-hybridized carbons (Fsp3) is 0.733. The van der Waals surface area contributed by atoms with Crippen LogP contribution in [0.25, 0.3) is 0 Å². The van der Waals surface area contributed by atoms with Crippen molar-refractivity contribution in [1.29, 1.82) is 0 Å². The minimum absolute atomic E-state index is 0.0315. The lowest BCUT2D eigenvalue weighted by Crippen LogP contribution is -2.53. The molecule has 0 aliphatic carbocycles. The summed E-state index contributed by atoms with van der Waals surface area (Å²) in [5, 5.41) is 11.6. The van der Waals surface area contributed by atoms with Gasteiger partial charge in [-0.05, 0) is 12.8 Å². The topological polar surface area (TPSA) is 87.7 Å². The number of amides is 2. The Morgan fingerprint density at radius 2 is 2.29 bits per heavy atom. The van der Waals surface area contributed by atoms with Gasteiger partial charge in [-0.3, -0.25) is 9.59 Å². The van der Waals surface area contributed by atoms with Gasteiger partial charge in [0.1, 0.15) is 5.51 Å². The van der Waals surface area contributed by atoms with E-state index in [4.69, 9.17) is 4.74 Å². The van der Waals surface area contributed by atoms with Crippen molar-refractivity contribution in [2.24, 2.45) is 5.41 Å². The van der Waals surface area contributed by atoms with E-state index in [2.05, 4.69) is 20.4 Å². The van der Waals surface area contributed by atoms with E-state index < -0.39 is 0 Å². The van der Waals surface area contributed by atoms with Gasteiger partial charge in [0.2, 0.25) is 16.9 Å². The third-order valence-corrected chi connectivity index (χ3v) is 5.31. The summed E-state index contributed by atoms with van der Waals surface area (Å²) in [7, 11) is 0. The number of hydrogen-bond donors (Lipinski definition) is 1. The third kappa shape index (κ3) is 4.02. The van der Waals surface area contributed by atoms with Crippen LogP contribution in [0.2, 0.25) is 0 Å². The molecule has 0 unspecified atom stereocenters. The minimum Gasteiger partial charge on any atom is -0.379 e. The van der Waals surface area contributed by atoms with Crippen molar-refractivity contribution in [3.8, 4) is 0 Å². The van der Waals surface area contributed by atoms with Crippen LogP contribution >= 0.6 is 11.3 Å². The number of hydrogen-bond acceptors (Lipinski definition) is 7. The van der Waals surface area contributed by atoms with Gasteiger partial charge < -0.3 is 19.9 Å². The maximum atomic E-state index is 12.4. The van der Waals surface area contributed by atoms with Gasteiger partial charge in [0, 0.05) is 38.5 Å². The van der Waals surface area contributed by atoms with Crippen LogP contribution < -0.4 is 10.2 Å². The van der Waals surface area contributed by atoms with E-state index in [1.165, 1.54) is 18.3 Å². The molecule has 8 nitrogen and oxygen atoms in total. The molecule has 1 atom stereocenters. The van der Waals surface area contributed by atoms with Crippen molar-refractivity contribution >= 4 is 28.3 Å². The van der Waals surface area contributed by atoms with Gasteiger partial charge in [-0.2, -0.15) is 0 Å². The molecule has 9 heteroatoms. The Kier molecular flexibility index (Phi) is 5.30. The molecule has 2 saturated heterocycles. The van der Waals surface area contributed by atoms with Crippen LogP contribution in [-0.4, -0.2) is 72.8 Å². The highest BCUT2D eigenvalue weighted by Crippen LogP contribution is 2.34. The molecule has 1 N–H and O–H groups in total. The second kappa shape index (κ2) is 7.43. The maximum Gasteiger partial charge on any atom is 0.241 e. The van der Waals surface area contributed by atoms with Gasteiger partial charge in [0.25, 0.3) is 0 Å². The van der Waals surface area contributed by atoms with E-state index in [-0.39, 0.29) is 23.8 Å². The molecule has 3 heterocycles. The largest absolute Gasteiger partial charge is 0.379 e. The first-order valence-corrected chi connectivity index (χ1v) is 9.07. The lowest BCUT2D eigenvalue weighted by molar-refractivity contribution is -0.136. The number of likely N-dealkylation sites (tertiary alicyclic amines) is 1. The highest BCUT2D eigenvalue weighted by atomic mass is 32.1. The van der Waals surface area contributed by atoms with E-state index in [1.807, 2.05) is 4.90 Å². The van der Waals surface area contributed by atoms with Gasteiger partial charge in [0.05, 0.1) is 19.8 Å². The zero-order valence-corrected chi connectivity index (χ0v) is 14.7. The highest BCUT2D eigenvalue weighted by Gasteiger charge is 2.40. The summed E-state index contributed by atoms with van der Waals surface area (Å²) in [5.74, 6) is -0.216. The molecular weight excluding hydrogens is 330 g/mol. The lowest BCUT2D eigenvalue weighted by Gasteiger charge is -2.43. The molecule has 2 aliphatic heterocycles. The van der Waals surface area contributed by atoms with E-state index >= 15 is 0 Å². The molecule has 24 heavy (non-hydrogen) atoms. The van der Waals surface area contributed by atoms with Gasteiger partial charge in [-0.1, -0.05) is 11.3 Å². The summed E-state index contributed by atoms with van der Waals surface area (Å²) in [6, 6.07) is 0. The van der Waals surface area contributed by atoms with Crippen molar-refractivity contribution in [2.45, 2.75) is 19.8 Å². The third-order valence-electron chi connectivity index (χ3n) is 4.56. The van der Waals surface area contributed by atoms with Crippen molar-refractivity contribution in [1.82, 2.24) is 20.4 Å². The molecule has 0 radical (unpaired) electrons. The van der Waals surface area contributed by atoms with Crippen LogP contribution in [0.3, 0.4) is 0 Å². The van der Waals surface area contributed by atoms with E-state index in [0.29, 0.717) is 19.8 Å². The van der Waals surface area contributed by atoms with Gasteiger partial charge >= 0.3 is 0 Å². The Hall–Kier alpha value is -1.74. The lowest BCUT2D eigenvalue weighted by atomic mass is 9.80. The first-order valence-electron chi connectivity index (χ1n) is 8.19. The summed E-state index contributed by atoms with van der Waals surface area (Å²) >= 11 is 1.52. The zero-order chi connectivity index (χ0) is 17.0. The number of piperidine rings is 1. The van der Waals surface area contributed by atoms with Crippen molar-refractivity contribution in [3.63, 3.8) is 0 Å². The van der Waals surface area contributed by atoms with E-state index in [9.17, 15) is 9.59 Å². The standard InChI is InChI=1S/C15H23N5O3S/c1-12(21)16-7-13(22)19-4-2-3-15(8-19)9-20(5-6-23-10-15)14-18-17-11-24-14/h11H,2-10H2,1H3,(H,16,21)/t15-/m1/s1. The SMILES string of the molecule is CC(=O)NCC(=O)N1CCC[C@@]2(COCCN(c3nncs3)C2)C1. The second-order valence-electron chi connectivity index (χ2n) is 6.52. The van der Waals surface area contributed by atoms with Crippen LogP contribution in [0.1, 0.15) is 19.8 Å². The number of rotatable bonds is 3. The summed E-state index contributed by atoms with van der Waals surface area (Å²) in [4.78, 5) is 27.5. The molecule has 3 rings (SSSR count). The molecule has 132 valence electrons. The molecular formula is C15H23N5O3S. The van der Waals surface area contributed by atoms with Crippen LogP contribution in [0.5, 0.6) is 0 Å². The molecule has 2 aliphatic rings. The minimum atomic E-state index is -0.185. The highest BCUT2D eigenvalue weighted by molar-refractivity contribution is 7.13. The molecule has 1 aromatic heterocycles. The normalized spacial score (nSPS) is 24.7. The van der Waals surface area contributed by atoms with Gasteiger partial charge in [-0.25, -0.2) is 0 Å². The summed E-state index contributed by atoms with van der Waals surface area (Å²) in [5.41, 5.74) is 1.64. The number of aromatic nitrogens is 2. The Bertz CT molecular complexity index is 582. The average Bonchev–Trinajstić information content (AvgIpc) is 3.03. The smallest absolute Gasteiger partial charge is 0.241 e. The first-order chi connectivity index (χ1) is 11.6. The molecule has 0 bridgehead atoms. The summed E-state index contributed by atoms with van der Waals surface area (Å²) in [6.45, 7) is 5.77. The average molecular weight is 353 g/mol. The molecule has 0 saturated carbocycles. The molecule has 1 aromatic rings. The molecule has 1 spiro atoms. The van der Waals surface area contributed by atoms with Gasteiger partial charge in [0.15, 0.2) is 0 Å². The fourth-order valence-corrected chi connectivity index (χ4v) is 4.03. The Balaban J connectivity index is 1.68. The summed E-state index contributed by atoms with van der Waals surface area (Å²) in [6.07, 6.45) is 1.96. The van der Waals surface area contributed by atoms with E-state index in [1.54, 1.807) is 5.51 Å². The molecule has 2 fully saturated rings. The Morgan fingerprint density at radius 3 is 3.04 bits per heavy atom.